The molecule has 1 saturated carbocycles. The van der Waals surface area contributed by atoms with E-state index in [4.69, 9.17) is 0 Å². The lowest BCUT2D eigenvalue weighted by Crippen LogP contribution is -2.45. The number of hydrogen-bond donors (Lipinski definition) is 1. The highest BCUT2D eigenvalue weighted by Crippen LogP contribution is 2.29. The lowest BCUT2D eigenvalue weighted by Gasteiger charge is -2.33. The highest BCUT2D eigenvalue weighted by molar-refractivity contribution is 9.10. The maximum absolute atomic E-state index is 13.4. The van der Waals surface area contributed by atoms with E-state index in [0.717, 1.165) is 59.0 Å². The number of hydrogen-bond acceptors (Lipinski definition) is 3. The molecule has 1 N–H and O–H groups in total. The Morgan fingerprint density at radius 3 is 2.17 bits per heavy atom. The second kappa shape index (κ2) is 9.62. The zero-order valence-electron chi connectivity index (χ0n) is 17.7. The highest BCUT2D eigenvalue weighted by Gasteiger charge is 2.34. The van der Waals surface area contributed by atoms with E-state index in [9.17, 15) is 13.2 Å². The minimum atomic E-state index is -3.77. The second-order valence-electron chi connectivity index (χ2n) is 8.12. The summed E-state index contributed by atoms with van der Waals surface area (Å²) >= 11 is 3.46. The first kappa shape index (κ1) is 23.0. The maximum Gasteiger partial charge on any atom is 0.243 e. The first-order chi connectivity index (χ1) is 14.2. The molecular weight excluding hydrogens is 464 g/mol. The molecule has 162 valence electrons. The van der Waals surface area contributed by atoms with Crippen LogP contribution in [0.4, 0.5) is 5.69 Å². The van der Waals surface area contributed by atoms with Crippen molar-refractivity contribution in [2.45, 2.75) is 63.8 Å². The number of nitrogens with zero attached hydrogens (tertiary/aromatic N) is 1. The van der Waals surface area contributed by atoms with Crippen LogP contribution >= 0.6 is 15.9 Å². The summed E-state index contributed by atoms with van der Waals surface area (Å²) in [4.78, 5) is 13.2. The average Bonchev–Trinajstić information content (AvgIpc) is 2.70. The largest absolute Gasteiger partial charge is 0.324 e. The van der Waals surface area contributed by atoms with Crippen LogP contribution in [0.1, 0.15) is 48.8 Å². The summed E-state index contributed by atoms with van der Waals surface area (Å²) in [7, 11) is -3.77. The van der Waals surface area contributed by atoms with Crippen LogP contribution in [0.25, 0.3) is 0 Å². The number of carbonyl (C=O) groups excluding carboxylic acids is 1. The fraction of sp³-hybridized carbons (Fsp3) is 0.435. The summed E-state index contributed by atoms with van der Waals surface area (Å²) in [5.41, 5.74) is 3.60. The van der Waals surface area contributed by atoms with Crippen molar-refractivity contribution in [3.8, 4) is 0 Å². The molecule has 2 aromatic rings. The maximum atomic E-state index is 13.4. The molecule has 7 heteroatoms. The van der Waals surface area contributed by atoms with Gasteiger partial charge in [-0.1, -0.05) is 52.9 Å². The summed E-state index contributed by atoms with van der Waals surface area (Å²) in [6, 6.07) is 10.6. The Morgan fingerprint density at radius 1 is 1.03 bits per heavy atom. The van der Waals surface area contributed by atoms with Gasteiger partial charge in [-0.15, -0.1) is 0 Å². The average molecular weight is 493 g/mol. The molecule has 0 aromatic heterocycles. The van der Waals surface area contributed by atoms with Crippen LogP contribution in [0.5, 0.6) is 0 Å². The molecule has 0 radical (unpaired) electrons. The topological polar surface area (TPSA) is 66.5 Å². The van der Waals surface area contributed by atoms with Crippen molar-refractivity contribution in [1.82, 2.24) is 4.31 Å². The zero-order chi connectivity index (χ0) is 21.9. The molecule has 0 spiro atoms. The van der Waals surface area contributed by atoms with Crippen LogP contribution in [0.2, 0.25) is 0 Å². The van der Waals surface area contributed by atoms with E-state index in [1.165, 1.54) is 4.31 Å². The van der Waals surface area contributed by atoms with Crippen LogP contribution in [0, 0.1) is 20.8 Å². The van der Waals surface area contributed by atoms with Gasteiger partial charge in [-0.05, 0) is 69.0 Å². The van der Waals surface area contributed by atoms with Gasteiger partial charge in [-0.25, -0.2) is 8.42 Å². The van der Waals surface area contributed by atoms with E-state index in [2.05, 4.69) is 21.2 Å². The smallest absolute Gasteiger partial charge is 0.243 e. The molecule has 0 aliphatic heterocycles. The van der Waals surface area contributed by atoms with Crippen LogP contribution in [0.3, 0.4) is 0 Å². The number of sulfonamides is 1. The van der Waals surface area contributed by atoms with Gasteiger partial charge in [0.15, 0.2) is 0 Å². The van der Waals surface area contributed by atoms with Crippen LogP contribution < -0.4 is 5.32 Å². The van der Waals surface area contributed by atoms with Gasteiger partial charge >= 0.3 is 0 Å². The quantitative estimate of drug-likeness (QED) is 0.591. The van der Waals surface area contributed by atoms with Crippen molar-refractivity contribution in [2.75, 3.05) is 11.9 Å². The second-order valence-corrected chi connectivity index (χ2v) is 10.9. The molecule has 5 nitrogen and oxygen atoms in total. The van der Waals surface area contributed by atoms with E-state index in [1.54, 1.807) is 24.3 Å². The molecule has 1 aliphatic carbocycles. The van der Waals surface area contributed by atoms with Crippen molar-refractivity contribution in [2.24, 2.45) is 0 Å². The summed E-state index contributed by atoms with van der Waals surface area (Å²) < 4.78 is 29.3. The Bertz CT molecular complexity index is 990. The number of halogens is 1. The van der Waals surface area contributed by atoms with Gasteiger partial charge in [0.25, 0.3) is 0 Å². The molecule has 0 saturated heterocycles. The van der Waals surface area contributed by atoms with E-state index < -0.39 is 10.0 Å². The van der Waals surface area contributed by atoms with E-state index >= 15 is 0 Å². The molecule has 0 heterocycles. The summed E-state index contributed by atoms with van der Waals surface area (Å²) in [6.45, 7) is 5.59. The van der Waals surface area contributed by atoms with Crippen LogP contribution in [-0.2, 0) is 14.8 Å². The third-order valence-corrected chi connectivity index (χ3v) is 8.04. The molecule has 0 atom stereocenters. The Balaban J connectivity index is 1.87. The van der Waals surface area contributed by atoms with Crippen LogP contribution in [-0.4, -0.2) is 31.2 Å². The molecule has 30 heavy (non-hydrogen) atoms. The number of benzene rings is 2. The highest BCUT2D eigenvalue weighted by atomic mass is 79.9. The first-order valence-corrected chi connectivity index (χ1v) is 12.6. The van der Waals surface area contributed by atoms with E-state index in [1.807, 2.05) is 32.9 Å². The SMILES string of the molecule is Cc1ccc(S(=O)(=O)N(CC(=O)Nc2c(C)cc(Br)cc2C)C2CCCCC2)cc1. The normalized spacial score (nSPS) is 15.4. The monoisotopic (exact) mass is 492 g/mol. The molecule has 1 aliphatic rings. The number of rotatable bonds is 6. The molecular formula is C23H29BrN2O3S. The summed E-state index contributed by atoms with van der Waals surface area (Å²) in [5.74, 6) is -0.315. The van der Waals surface area contributed by atoms with Gasteiger partial charge in [0.1, 0.15) is 0 Å². The number of anilines is 1. The number of amides is 1. The fourth-order valence-electron chi connectivity index (χ4n) is 4.05. The number of carbonyl (C=O) groups is 1. The van der Waals surface area contributed by atoms with Gasteiger partial charge in [-0.3, -0.25) is 4.79 Å². The van der Waals surface area contributed by atoms with Gasteiger partial charge in [0.2, 0.25) is 15.9 Å². The Kier molecular flexibility index (Phi) is 7.37. The third kappa shape index (κ3) is 5.31. The third-order valence-electron chi connectivity index (χ3n) is 5.67. The predicted octanol–water partition coefficient (Wildman–Crippen LogP) is 5.34. The zero-order valence-corrected chi connectivity index (χ0v) is 20.1. The molecule has 1 fully saturated rings. The van der Waals surface area contributed by atoms with Crippen molar-refractivity contribution >= 4 is 37.5 Å². The minimum absolute atomic E-state index is 0.150. The Morgan fingerprint density at radius 2 is 1.60 bits per heavy atom. The standard InChI is InChI=1S/C23H29BrN2O3S/c1-16-9-11-21(12-10-16)30(28,29)26(20-7-5-4-6-8-20)15-22(27)25-23-17(2)13-19(24)14-18(23)3/h9-14,20H,4-8,15H2,1-3H3,(H,25,27). The summed E-state index contributed by atoms with van der Waals surface area (Å²) in [6.07, 6.45) is 4.65. The molecule has 0 unspecified atom stereocenters. The van der Waals surface area contributed by atoms with Crippen LogP contribution in [0.15, 0.2) is 45.8 Å². The lowest BCUT2D eigenvalue weighted by molar-refractivity contribution is -0.116. The van der Waals surface area contributed by atoms with Crippen molar-refractivity contribution in [1.29, 1.82) is 0 Å². The van der Waals surface area contributed by atoms with Crippen molar-refractivity contribution < 1.29 is 13.2 Å². The summed E-state index contributed by atoms with van der Waals surface area (Å²) in [5, 5.41) is 2.94. The molecule has 0 bridgehead atoms. The minimum Gasteiger partial charge on any atom is -0.324 e. The molecule has 2 aromatic carbocycles. The molecule has 1 amide bonds. The number of nitrogens with one attached hydrogen (secondary N) is 1. The van der Waals surface area contributed by atoms with E-state index in [-0.39, 0.29) is 23.4 Å². The van der Waals surface area contributed by atoms with E-state index in [0.29, 0.717) is 0 Å². The fourth-order valence-corrected chi connectivity index (χ4v) is 6.38. The first-order valence-electron chi connectivity index (χ1n) is 10.3. The number of aryl methyl sites for hydroxylation is 3. The van der Waals surface area contributed by atoms with Crippen molar-refractivity contribution in [3.63, 3.8) is 0 Å². The Labute approximate surface area is 188 Å². The van der Waals surface area contributed by atoms with Crippen molar-refractivity contribution in [3.05, 3.63) is 57.6 Å². The Hall–Kier alpha value is -1.70. The van der Waals surface area contributed by atoms with Gasteiger partial charge < -0.3 is 5.32 Å². The van der Waals surface area contributed by atoms with Gasteiger partial charge in [-0.2, -0.15) is 4.31 Å². The van der Waals surface area contributed by atoms with Gasteiger partial charge in [0, 0.05) is 16.2 Å². The lowest BCUT2D eigenvalue weighted by atomic mass is 9.95. The van der Waals surface area contributed by atoms with Gasteiger partial charge in [0.05, 0.1) is 11.4 Å². The predicted molar refractivity (Wildman–Crippen MR) is 124 cm³/mol. The molecule has 3 rings (SSSR count).